The van der Waals surface area contributed by atoms with E-state index >= 15 is 0 Å². The SMILES string of the molecule is O=C1CCN(c2cc(F)c(I)cc2[N+](=O)[O-])CC1. The number of piperidine rings is 1. The van der Waals surface area contributed by atoms with E-state index in [0.29, 0.717) is 25.9 Å². The molecule has 1 aliphatic rings. The molecule has 0 N–H and O–H groups in total. The lowest BCUT2D eigenvalue weighted by molar-refractivity contribution is -0.384. The van der Waals surface area contributed by atoms with E-state index in [-0.39, 0.29) is 20.7 Å². The fraction of sp³-hybridized carbons (Fsp3) is 0.364. The molecule has 0 bridgehead atoms. The molecule has 0 amide bonds. The minimum atomic E-state index is -0.520. The van der Waals surface area contributed by atoms with Crippen LogP contribution in [-0.4, -0.2) is 23.8 Å². The highest BCUT2D eigenvalue weighted by Gasteiger charge is 2.25. The van der Waals surface area contributed by atoms with Crippen LogP contribution < -0.4 is 4.90 Å². The number of benzene rings is 1. The van der Waals surface area contributed by atoms with E-state index in [1.165, 1.54) is 12.1 Å². The maximum Gasteiger partial charge on any atom is 0.293 e. The quantitative estimate of drug-likeness (QED) is 0.460. The highest BCUT2D eigenvalue weighted by atomic mass is 127. The molecule has 1 aromatic carbocycles. The molecule has 2 rings (SSSR count). The van der Waals surface area contributed by atoms with Gasteiger partial charge in [0.05, 0.1) is 8.49 Å². The lowest BCUT2D eigenvalue weighted by atomic mass is 10.1. The molecule has 1 heterocycles. The average Bonchev–Trinajstić information content (AvgIpc) is 2.33. The molecule has 1 saturated heterocycles. The third kappa shape index (κ3) is 2.60. The number of nitro groups is 1. The van der Waals surface area contributed by atoms with E-state index in [4.69, 9.17) is 0 Å². The summed E-state index contributed by atoms with van der Waals surface area (Å²) in [6.45, 7) is 0.805. The van der Waals surface area contributed by atoms with Crippen molar-refractivity contribution in [2.45, 2.75) is 12.8 Å². The number of hydrogen-bond acceptors (Lipinski definition) is 4. The molecular formula is C11H10FIN2O3. The first-order chi connectivity index (χ1) is 8.49. The molecule has 0 unspecified atom stereocenters. The third-order valence-corrected chi connectivity index (χ3v) is 3.70. The molecule has 0 aliphatic carbocycles. The number of carbonyl (C=O) groups excluding carboxylic acids is 1. The third-order valence-electron chi connectivity index (χ3n) is 2.88. The van der Waals surface area contributed by atoms with E-state index in [1.54, 1.807) is 27.5 Å². The topological polar surface area (TPSA) is 63.5 Å². The number of nitrogens with zero attached hydrogens (tertiary/aromatic N) is 2. The van der Waals surface area contributed by atoms with E-state index < -0.39 is 10.7 Å². The summed E-state index contributed by atoms with van der Waals surface area (Å²) >= 11 is 1.72. The summed E-state index contributed by atoms with van der Waals surface area (Å²) in [7, 11) is 0. The molecule has 0 saturated carbocycles. The number of carbonyl (C=O) groups is 1. The van der Waals surface area contributed by atoms with Gasteiger partial charge in [0.1, 0.15) is 17.3 Å². The van der Waals surface area contributed by atoms with Crippen LogP contribution in [0.5, 0.6) is 0 Å². The van der Waals surface area contributed by atoms with Gasteiger partial charge >= 0.3 is 0 Å². The van der Waals surface area contributed by atoms with Crippen LogP contribution >= 0.6 is 22.6 Å². The summed E-state index contributed by atoms with van der Waals surface area (Å²) < 4.78 is 13.7. The smallest absolute Gasteiger partial charge is 0.293 e. The van der Waals surface area contributed by atoms with Gasteiger partial charge in [0.15, 0.2) is 0 Å². The fourth-order valence-electron chi connectivity index (χ4n) is 1.92. The minimum absolute atomic E-state index is 0.116. The van der Waals surface area contributed by atoms with Gasteiger partial charge in [0.2, 0.25) is 0 Å². The van der Waals surface area contributed by atoms with Crippen LogP contribution in [0, 0.1) is 19.5 Å². The van der Waals surface area contributed by atoms with E-state index in [2.05, 4.69) is 0 Å². The first kappa shape index (κ1) is 13.2. The van der Waals surface area contributed by atoms with Crippen molar-refractivity contribution in [3.05, 3.63) is 31.6 Å². The maximum absolute atomic E-state index is 13.5. The molecule has 5 nitrogen and oxygen atoms in total. The Labute approximate surface area is 116 Å². The van der Waals surface area contributed by atoms with Crippen LogP contribution in [-0.2, 0) is 4.79 Å². The van der Waals surface area contributed by atoms with Crippen LogP contribution in [0.25, 0.3) is 0 Å². The Morgan fingerprint density at radius 1 is 1.33 bits per heavy atom. The Hall–Kier alpha value is -1.25. The number of anilines is 1. The standard InChI is InChI=1S/C11H10FIN2O3/c12-8-5-10(11(15(17)18)6-9(8)13)14-3-1-7(16)2-4-14/h5-6H,1-4H2. The normalized spacial score (nSPS) is 15.9. The number of rotatable bonds is 2. The van der Waals surface area contributed by atoms with E-state index in [1.807, 2.05) is 0 Å². The molecule has 7 heteroatoms. The van der Waals surface area contributed by atoms with Gasteiger partial charge in [-0.05, 0) is 22.6 Å². The van der Waals surface area contributed by atoms with Crippen LogP contribution in [0.2, 0.25) is 0 Å². The molecule has 0 aromatic heterocycles. The van der Waals surface area contributed by atoms with Gasteiger partial charge in [-0.3, -0.25) is 14.9 Å². The Kier molecular flexibility index (Phi) is 3.79. The molecule has 0 radical (unpaired) electrons. The summed E-state index contributed by atoms with van der Waals surface area (Å²) in [6, 6.07) is 2.40. The molecule has 0 atom stereocenters. The van der Waals surface area contributed by atoms with Crippen molar-refractivity contribution >= 4 is 39.7 Å². The number of ketones is 1. The van der Waals surface area contributed by atoms with Gasteiger partial charge in [-0.15, -0.1) is 0 Å². The largest absolute Gasteiger partial charge is 0.365 e. The fourth-order valence-corrected chi connectivity index (χ4v) is 2.37. The monoisotopic (exact) mass is 364 g/mol. The van der Waals surface area contributed by atoms with Crippen molar-refractivity contribution in [3.8, 4) is 0 Å². The molecule has 1 fully saturated rings. The predicted molar refractivity (Wildman–Crippen MR) is 72.2 cm³/mol. The minimum Gasteiger partial charge on any atom is -0.365 e. The Bertz CT molecular complexity index is 511. The van der Waals surface area contributed by atoms with Gasteiger partial charge in [-0.25, -0.2) is 4.39 Å². The van der Waals surface area contributed by atoms with Gasteiger partial charge in [0.25, 0.3) is 5.69 Å². The summed E-state index contributed by atoms with van der Waals surface area (Å²) in [5.74, 6) is -0.340. The zero-order valence-corrected chi connectivity index (χ0v) is 11.5. The van der Waals surface area contributed by atoms with E-state index in [0.717, 1.165) is 0 Å². The number of hydrogen-bond donors (Lipinski definition) is 0. The van der Waals surface area contributed by atoms with Gasteiger partial charge in [-0.2, -0.15) is 0 Å². The highest BCUT2D eigenvalue weighted by molar-refractivity contribution is 14.1. The summed E-state index contributed by atoms with van der Waals surface area (Å²) in [6.07, 6.45) is 0.704. The lowest BCUT2D eigenvalue weighted by Gasteiger charge is -2.27. The van der Waals surface area contributed by atoms with Crippen molar-refractivity contribution in [2.75, 3.05) is 18.0 Å². The zero-order chi connectivity index (χ0) is 13.3. The summed E-state index contributed by atoms with van der Waals surface area (Å²) in [5.41, 5.74) is 0.139. The first-order valence-electron chi connectivity index (χ1n) is 5.39. The first-order valence-corrected chi connectivity index (χ1v) is 6.47. The van der Waals surface area contributed by atoms with Crippen molar-refractivity contribution in [3.63, 3.8) is 0 Å². The number of nitro benzene ring substituents is 1. The van der Waals surface area contributed by atoms with Crippen molar-refractivity contribution in [1.82, 2.24) is 0 Å². The lowest BCUT2D eigenvalue weighted by Crippen LogP contribution is -2.34. The van der Waals surface area contributed by atoms with Crippen molar-refractivity contribution in [2.24, 2.45) is 0 Å². The Balaban J connectivity index is 2.39. The molecule has 1 aliphatic heterocycles. The second kappa shape index (κ2) is 5.17. The molecule has 1 aromatic rings. The summed E-state index contributed by atoms with van der Waals surface area (Å²) in [5, 5.41) is 11.0. The van der Waals surface area contributed by atoms with Crippen LogP contribution in [0.4, 0.5) is 15.8 Å². The number of Topliss-reactive ketones (excluding diaryl/α,β-unsaturated/α-hetero) is 1. The van der Waals surface area contributed by atoms with Gasteiger partial charge < -0.3 is 4.90 Å². The summed E-state index contributed by atoms with van der Waals surface area (Å²) in [4.78, 5) is 23.3. The predicted octanol–water partition coefficient (Wildman–Crippen LogP) is 2.51. The molecule has 0 spiro atoms. The number of halogens is 2. The van der Waals surface area contributed by atoms with Crippen LogP contribution in [0.3, 0.4) is 0 Å². The Morgan fingerprint density at radius 2 is 1.94 bits per heavy atom. The van der Waals surface area contributed by atoms with Crippen LogP contribution in [0.1, 0.15) is 12.8 Å². The van der Waals surface area contributed by atoms with Gasteiger partial charge in [0, 0.05) is 38.1 Å². The second-order valence-electron chi connectivity index (χ2n) is 4.04. The molecule has 96 valence electrons. The van der Waals surface area contributed by atoms with Crippen LogP contribution in [0.15, 0.2) is 12.1 Å². The van der Waals surface area contributed by atoms with Crippen molar-refractivity contribution in [1.29, 1.82) is 0 Å². The highest BCUT2D eigenvalue weighted by Crippen LogP contribution is 2.32. The zero-order valence-electron chi connectivity index (χ0n) is 9.36. The molecule has 18 heavy (non-hydrogen) atoms. The second-order valence-corrected chi connectivity index (χ2v) is 5.20. The molecular weight excluding hydrogens is 354 g/mol. The van der Waals surface area contributed by atoms with Crippen molar-refractivity contribution < 1.29 is 14.1 Å². The van der Waals surface area contributed by atoms with Gasteiger partial charge in [-0.1, -0.05) is 0 Å². The van der Waals surface area contributed by atoms with E-state index in [9.17, 15) is 19.3 Å². The average molecular weight is 364 g/mol. The maximum atomic E-state index is 13.5. The Morgan fingerprint density at radius 3 is 2.50 bits per heavy atom.